The first kappa shape index (κ1) is 13.5. The van der Waals surface area contributed by atoms with E-state index in [0.29, 0.717) is 12.2 Å². The Hall–Kier alpha value is -1.88. The zero-order valence-corrected chi connectivity index (χ0v) is 11.4. The summed E-state index contributed by atoms with van der Waals surface area (Å²) in [5, 5.41) is 17.3. The summed E-state index contributed by atoms with van der Waals surface area (Å²) in [5.41, 5.74) is 1.25. The normalized spacial score (nSPS) is 12.9. The van der Waals surface area contributed by atoms with Crippen molar-refractivity contribution in [1.29, 1.82) is 0 Å². The van der Waals surface area contributed by atoms with E-state index in [2.05, 4.69) is 10.2 Å². The van der Waals surface area contributed by atoms with Gasteiger partial charge in [0.05, 0.1) is 11.6 Å². The van der Waals surface area contributed by atoms with E-state index < -0.39 is 6.10 Å². The van der Waals surface area contributed by atoms with Gasteiger partial charge in [0, 0.05) is 18.0 Å². The number of amides is 1. The van der Waals surface area contributed by atoms with Gasteiger partial charge in [0.25, 0.3) is 5.91 Å². The summed E-state index contributed by atoms with van der Waals surface area (Å²) in [5.74, 6) is -0.159. The number of para-hydroxylation sites is 1. The van der Waals surface area contributed by atoms with Crippen molar-refractivity contribution in [3.8, 4) is 0 Å². The van der Waals surface area contributed by atoms with Crippen molar-refractivity contribution in [2.24, 2.45) is 0 Å². The second-order valence-corrected chi connectivity index (χ2v) is 5.02. The van der Waals surface area contributed by atoms with Crippen LogP contribution in [0.3, 0.4) is 0 Å². The minimum absolute atomic E-state index is 0.0116. The molecule has 2 aromatic rings. The first-order valence-corrected chi connectivity index (χ1v) is 6.43. The predicted molar refractivity (Wildman–Crippen MR) is 73.9 cm³/mol. The van der Waals surface area contributed by atoms with Gasteiger partial charge in [-0.15, -0.1) is 0 Å². The Bertz CT molecular complexity index is 575. The maximum absolute atomic E-state index is 12.5. The Morgan fingerprint density at radius 1 is 1.37 bits per heavy atom. The highest BCUT2D eigenvalue weighted by atomic mass is 16.3. The van der Waals surface area contributed by atoms with Crippen LogP contribution in [0.2, 0.25) is 0 Å². The van der Waals surface area contributed by atoms with Crippen LogP contribution in [0.5, 0.6) is 0 Å². The smallest absolute Gasteiger partial charge is 0.275 e. The highest BCUT2D eigenvalue weighted by molar-refractivity contribution is 6.04. The van der Waals surface area contributed by atoms with E-state index in [1.54, 1.807) is 11.8 Å². The predicted octanol–water partition coefficient (Wildman–Crippen LogP) is 1.79. The van der Waals surface area contributed by atoms with Crippen LogP contribution >= 0.6 is 0 Å². The van der Waals surface area contributed by atoms with Crippen molar-refractivity contribution in [3.05, 3.63) is 30.0 Å². The number of H-pyrrole nitrogens is 1. The fourth-order valence-corrected chi connectivity index (χ4v) is 2.08. The van der Waals surface area contributed by atoms with E-state index in [9.17, 15) is 9.90 Å². The first-order chi connectivity index (χ1) is 9.00. The lowest BCUT2D eigenvalue weighted by Gasteiger charge is -2.27. The van der Waals surface area contributed by atoms with Crippen LogP contribution in [0.4, 0.5) is 0 Å². The van der Waals surface area contributed by atoms with E-state index in [-0.39, 0.29) is 11.9 Å². The zero-order chi connectivity index (χ0) is 14.0. The number of aromatic nitrogens is 2. The molecule has 5 nitrogen and oxygen atoms in total. The number of hydrogen-bond donors (Lipinski definition) is 2. The fourth-order valence-electron chi connectivity index (χ4n) is 2.08. The lowest BCUT2D eigenvalue weighted by Crippen LogP contribution is -2.41. The Labute approximate surface area is 112 Å². The molecule has 1 aromatic carbocycles. The number of fused-ring (bicyclic) bond motifs is 1. The summed E-state index contributed by atoms with van der Waals surface area (Å²) in [7, 11) is 0. The zero-order valence-electron chi connectivity index (χ0n) is 11.4. The van der Waals surface area contributed by atoms with Gasteiger partial charge in [-0.2, -0.15) is 5.10 Å². The largest absolute Gasteiger partial charge is 0.392 e. The highest BCUT2D eigenvalue weighted by Crippen LogP contribution is 2.18. The molecule has 1 heterocycles. The molecule has 102 valence electrons. The number of carbonyl (C=O) groups excluding carboxylic acids is 1. The van der Waals surface area contributed by atoms with Gasteiger partial charge in [0.2, 0.25) is 0 Å². The number of nitrogens with one attached hydrogen (secondary N) is 1. The molecule has 5 heteroatoms. The number of nitrogens with zero attached hydrogens (tertiary/aromatic N) is 2. The molecule has 0 saturated heterocycles. The summed E-state index contributed by atoms with van der Waals surface area (Å²) in [6, 6.07) is 7.53. The van der Waals surface area contributed by atoms with Gasteiger partial charge in [-0.05, 0) is 26.8 Å². The Morgan fingerprint density at radius 3 is 2.68 bits per heavy atom. The minimum atomic E-state index is -0.559. The summed E-state index contributed by atoms with van der Waals surface area (Å²) in [4.78, 5) is 14.2. The molecule has 2 N–H and O–H groups in total. The third-order valence-electron chi connectivity index (χ3n) is 3.02. The van der Waals surface area contributed by atoms with E-state index in [4.69, 9.17) is 0 Å². The topological polar surface area (TPSA) is 69.2 Å². The highest BCUT2D eigenvalue weighted by Gasteiger charge is 2.23. The van der Waals surface area contributed by atoms with Crippen molar-refractivity contribution in [1.82, 2.24) is 15.1 Å². The van der Waals surface area contributed by atoms with E-state index in [1.165, 1.54) is 0 Å². The minimum Gasteiger partial charge on any atom is -0.392 e. The number of carbonyl (C=O) groups is 1. The molecule has 2 rings (SSSR count). The van der Waals surface area contributed by atoms with Crippen LogP contribution in [0.1, 0.15) is 31.3 Å². The van der Waals surface area contributed by atoms with Gasteiger partial charge >= 0.3 is 0 Å². The Balaban J connectivity index is 2.36. The Morgan fingerprint density at radius 2 is 2.05 bits per heavy atom. The van der Waals surface area contributed by atoms with Crippen molar-refractivity contribution >= 4 is 16.8 Å². The Kier molecular flexibility index (Phi) is 3.85. The summed E-state index contributed by atoms with van der Waals surface area (Å²) in [6.07, 6.45) is -0.559. The second-order valence-electron chi connectivity index (χ2n) is 5.02. The molecule has 1 atom stereocenters. The van der Waals surface area contributed by atoms with Gasteiger partial charge in [0.1, 0.15) is 0 Å². The third-order valence-corrected chi connectivity index (χ3v) is 3.02. The van der Waals surface area contributed by atoms with Gasteiger partial charge in [-0.1, -0.05) is 18.2 Å². The molecule has 0 aliphatic heterocycles. The van der Waals surface area contributed by atoms with Crippen molar-refractivity contribution in [2.75, 3.05) is 6.54 Å². The SMILES string of the molecule is CC(O)CN(C(=O)c1n[nH]c2ccccc12)C(C)C. The second kappa shape index (κ2) is 5.40. The molecule has 0 fully saturated rings. The molecule has 1 unspecified atom stereocenters. The summed E-state index contributed by atoms with van der Waals surface area (Å²) >= 11 is 0. The van der Waals surface area contributed by atoms with Crippen molar-refractivity contribution in [2.45, 2.75) is 32.9 Å². The summed E-state index contributed by atoms with van der Waals surface area (Å²) in [6.45, 7) is 5.83. The number of aliphatic hydroxyl groups is 1. The first-order valence-electron chi connectivity index (χ1n) is 6.43. The fraction of sp³-hybridized carbons (Fsp3) is 0.429. The lowest BCUT2D eigenvalue weighted by atomic mass is 10.1. The standard InChI is InChI=1S/C14H19N3O2/c1-9(2)17(8-10(3)18)14(19)13-11-6-4-5-7-12(11)15-16-13/h4-7,9-10,18H,8H2,1-3H3,(H,15,16). The van der Waals surface area contributed by atoms with Crippen LogP contribution in [0.15, 0.2) is 24.3 Å². The molecule has 0 bridgehead atoms. The number of aromatic amines is 1. The summed E-state index contributed by atoms with van der Waals surface area (Å²) < 4.78 is 0. The van der Waals surface area contributed by atoms with Crippen LogP contribution in [0.25, 0.3) is 10.9 Å². The van der Waals surface area contributed by atoms with Gasteiger partial charge < -0.3 is 10.0 Å². The van der Waals surface area contributed by atoms with Gasteiger partial charge in [0.15, 0.2) is 5.69 Å². The number of rotatable bonds is 4. The molecule has 1 amide bonds. The monoisotopic (exact) mass is 261 g/mol. The van der Waals surface area contributed by atoms with Crippen molar-refractivity contribution < 1.29 is 9.90 Å². The lowest BCUT2D eigenvalue weighted by molar-refractivity contribution is 0.0575. The number of aliphatic hydroxyl groups excluding tert-OH is 1. The molecule has 0 aliphatic carbocycles. The molecule has 0 spiro atoms. The van der Waals surface area contributed by atoms with E-state index >= 15 is 0 Å². The molecule has 0 saturated carbocycles. The van der Waals surface area contributed by atoms with Crippen LogP contribution < -0.4 is 0 Å². The van der Waals surface area contributed by atoms with Crippen LogP contribution in [-0.2, 0) is 0 Å². The average Bonchev–Trinajstić information content (AvgIpc) is 2.78. The number of benzene rings is 1. The van der Waals surface area contributed by atoms with E-state index in [0.717, 1.165) is 10.9 Å². The third kappa shape index (κ3) is 2.76. The van der Waals surface area contributed by atoms with Crippen LogP contribution in [-0.4, -0.2) is 44.8 Å². The van der Waals surface area contributed by atoms with E-state index in [1.807, 2.05) is 38.1 Å². The number of hydrogen-bond acceptors (Lipinski definition) is 3. The van der Waals surface area contributed by atoms with Crippen molar-refractivity contribution in [3.63, 3.8) is 0 Å². The molecular weight excluding hydrogens is 242 g/mol. The maximum atomic E-state index is 12.5. The molecule has 1 aromatic heterocycles. The average molecular weight is 261 g/mol. The molecule has 0 radical (unpaired) electrons. The van der Waals surface area contributed by atoms with Gasteiger partial charge in [-0.3, -0.25) is 9.89 Å². The molecule has 19 heavy (non-hydrogen) atoms. The van der Waals surface area contributed by atoms with Crippen LogP contribution in [0, 0.1) is 0 Å². The molecule has 0 aliphatic rings. The molecular formula is C14H19N3O2. The maximum Gasteiger partial charge on any atom is 0.275 e. The quantitative estimate of drug-likeness (QED) is 0.881. The van der Waals surface area contributed by atoms with Gasteiger partial charge in [-0.25, -0.2) is 0 Å².